The molecule has 0 radical (unpaired) electrons. The number of nitrogens with zero attached hydrogens (tertiary/aromatic N) is 2. The van der Waals surface area contributed by atoms with Crippen LogP contribution in [0.1, 0.15) is 10.4 Å². The average Bonchev–Trinajstić information content (AvgIpc) is 3.31. The van der Waals surface area contributed by atoms with Crippen LogP contribution in [-0.4, -0.2) is 48.8 Å². The van der Waals surface area contributed by atoms with Gasteiger partial charge in [0, 0.05) is 44.1 Å². The van der Waals surface area contributed by atoms with Crippen LogP contribution in [0.25, 0.3) is 0 Å². The Kier molecular flexibility index (Phi) is 4.76. The molecule has 1 saturated heterocycles. The number of amides is 2. The summed E-state index contributed by atoms with van der Waals surface area (Å²) in [5, 5.41) is 5.10. The Bertz CT molecular complexity index is 727. The Hall–Kier alpha value is -2.25. The van der Waals surface area contributed by atoms with Crippen molar-refractivity contribution < 1.29 is 14.3 Å². The first kappa shape index (κ1) is 16.2. The number of carbonyl (C=O) groups is 1. The second-order valence-corrected chi connectivity index (χ2v) is 7.22. The number of piperazine rings is 1. The van der Waals surface area contributed by atoms with E-state index in [1.165, 1.54) is 4.88 Å². The van der Waals surface area contributed by atoms with Crippen molar-refractivity contribution in [1.82, 2.24) is 15.1 Å². The van der Waals surface area contributed by atoms with Crippen molar-refractivity contribution in [2.75, 3.05) is 33.0 Å². The third-order valence-electron chi connectivity index (χ3n) is 4.50. The molecule has 0 saturated carbocycles. The maximum Gasteiger partial charge on any atom is 0.317 e. The maximum absolute atomic E-state index is 12.4. The second-order valence-electron chi connectivity index (χ2n) is 6.19. The lowest BCUT2D eigenvalue weighted by molar-refractivity contribution is 0.135. The van der Waals surface area contributed by atoms with E-state index in [0.29, 0.717) is 6.54 Å². The predicted octanol–water partition coefficient (Wildman–Crippen LogP) is 2.50. The van der Waals surface area contributed by atoms with Crippen LogP contribution in [0, 0.1) is 0 Å². The molecule has 3 heterocycles. The molecule has 1 aromatic carbocycles. The highest BCUT2D eigenvalue weighted by atomic mass is 32.1. The van der Waals surface area contributed by atoms with E-state index in [1.807, 2.05) is 23.1 Å². The molecule has 0 atom stereocenters. The van der Waals surface area contributed by atoms with E-state index >= 15 is 0 Å². The van der Waals surface area contributed by atoms with Crippen LogP contribution in [-0.2, 0) is 13.1 Å². The molecule has 6 nitrogen and oxygen atoms in total. The molecule has 2 aliphatic heterocycles. The van der Waals surface area contributed by atoms with Crippen LogP contribution in [0.15, 0.2) is 35.7 Å². The van der Waals surface area contributed by atoms with Crippen LogP contribution >= 0.6 is 11.3 Å². The highest BCUT2D eigenvalue weighted by Gasteiger charge is 2.21. The number of benzene rings is 1. The lowest BCUT2D eigenvalue weighted by Gasteiger charge is -2.34. The van der Waals surface area contributed by atoms with Crippen molar-refractivity contribution in [3.05, 3.63) is 46.2 Å². The summed E-state index contributed by atoms with van der Waals surface area (Å²) in [6, 6.07) is 9.99. The van der Waals surface area contributed by atoms with E-state index < -0.39 is 0 Å². The van der Waals surface area contributed by atoms with Crippen molar-refractivity contribution in [3.8, 4) is 11.5 Å². The number of rotatable bonds is 4. The minimum atomic E-state index is -0.00607. The van der Waals surface area contributed by atoms with Gasteiger partial charge in [0.05, 0.1) is 0 Å². The van der Waals surface area contributed by atoms with Crippen molar-refractivity contribution in [3.63, 3.8) is 0 Å². The summed E-state index contributed by atoms with van der Waals surface area (Å²) in [6.45, 7) is 5.08. The van der Waals surface area contributed by atoms with E-state index in [4.69, 9.17) is 9.47 Å². The van der Waals surface area contributed by atoms with Gasteiger partial charge in [-0.25, -0.2) is 4.79 Å². The third-order valence-corrected chi connectivity index (χ3v) is 5.36. The van der Waals surface area contributed by atoms with Gasteiger partial charge in [-0.05, 0) is 29.1 Å². The standard InChI is InChI=1S/C18H21N3O3S/c22-18(19-11-14-3-4-16-17(10-14)24-13-23-16)21-7-5-20(6-8-21)12-15-2-1-9-25-15/h1-4,9-10H,5-8,11-13H2,(H,19,22). The lowest BCUT2D eigenvalue weighted by atomic mass is 10.2. The van der Waals surface area contributed by atoms with Crippen LogP contribution in [0.3, 0.4) is 0 Å². The first-order chi connectivity index (χ1) is 12.3. The fraction of sp³-hybridized carbons (Fsp3) is 0.389. The second kappa shape index (κ2) is 7.33. The predicted molar refractivity (Wildman–Crippen MR) is 96.0 cm³/mol. The molecule has 4 rings (SSSR count). The summed E-state index contributed by atoms with van der Waals surface area (Å²) < 4.78 is 10.7. The van der Waals surface area contributed by atoms with Crippen molar-refractivity contribution in [2.45, 2.75) is 13.1 Å². The quantitative estimate of drug-likeness (QED) is 0.911. The molecular weight excluding hydrogens is 338 g/mol. The zero-order valence-electron chi connectivity index (χ0n) is 13.9. The number of hydrogen-bond acceptors (Lipinski definition) is 5. The molecule has 0 bridgehead atoms. The Labute approximate surface area is 150 Å². The first-order valence-electron chi connectivity index (χ1n) is 8.44. The number of carbonyl (C=O) groups excluding carboxylic acids is 1. The highest BCUT2D eigenvalue weighted by Crippen LogP contribution is 2.32. The van der Waals surface area contributed by atoms with Gasteiger partial charge in [0.1, 0.15) is 0 Å². The Morgan fingerprint density at radius 2 is 1.96 bits per heavy atom. The number of fused-ring (bicyclic) bond motifs is 1. The molecule has 25 heavy (non-hydrogen) atoms. The lowest BCUT2D eigenvalue weighted by Crippen LogP contribution is -2.51. The summed E-state index contributed by atoms with van der Waals surface area (Å²) >= 11 is 1.78. The van der Waals surface area contributed by atoms with E-state index in [0.717, 1.165) is 49.8 Å². The molecule has 1 aromatic heterocycles. The zero-order chi connectivity index (χ0) is 17.1. The van der Waals surface area contributed by atoms with Gasteiger partial charge in [0.15, 0.2) is 11.5 Å². The van der Waals surface area contributed by atoms with Crippen LogP contribution < -0.4 is 14.8 Å². The molecule has 0 unspecified atom stereocenters. The summed E-state index contributed by atoms with van der Waals surface area (Å²) in [5.41, 5.74) is 1.01. The minimum Gasteiger partial charge on any atom is -0.454 e. The van der Waals surface area contributed by atoms with E-state index in [2.05, 4.69) is 27.7 Å². The fourth-order valence-electron chi connectivity index (χ4n) is 3.07. The van der Waals surface area contributed by atoms with Gasteiger partial charge >= 0.3 is 6.03 Å². The number of ether oxygens (including phenoxy) is 2. The molecule has 7 heteroatoms. The summed E-state index contributed by atoms with van der Waals surface area (Å²) in [6.07, 6.45) is 0. The maximum atomic E-state index is 12.4. The molecule has 1 fully saturated rings. The van der Waals surface area contributed by atoms with Gasteiger partial charge in [-0.2, -0.15) is 0 Å². The topological polar surface area (TPSA) is 54.0 Å². The van der Waals surface area contributed by atoms with Gasteiger partial charge < -0.3 is 19.7 Å². The summed E-state index contributed by atoms with van der Waals surface area (Å²) in [5.74, 6) is 1.51. The minimum absolute atomic E-state index is 0.00607. The monoisotopic (exact) mass is 359 g/mol. The number of nitrogens with one attached hydrogen (secondary N) is 1. The number of hydrogen-bond donors (Lipinski definition) is 1. The zero-order valence-corrected chi connectivity index (χ0v) is 14.8. The first-order valence-corrected chi connectivity index (χ1v) is 9.32. The molecule has 1 N–H and O–H groups in total. The molecule has 2 amide bonds. The molecule has 0 aliphatic carbocycles. The number of thiophene rings is 1. The largest absolute Gasteiger partial charge is 0.454 e. The fourth-order valence-corrected chi connectivity index (χ4v) is 3.82. The number of urea groups is 1. The Morgan fingerprint density at radius 3 is 2.76 bits per heavy atom. The highest BCUT2D eigenvalue weighted by molar-refractivity contribution is 7.09. The van der Waals surface area contributed by atoms with Gasteiger partial charge in [-0.1, -0.05) is 12.1 Å². The molecular formula is C18H21N3O3S. The van der Waals surface area contributed by atoms with E-state index in [9.17, 15) is 4.79 Å². The summed E-state index contributed by atoms with van der Waals surface area (Å²) in [4.78, 5) is 18.0. The summed E-state index contributed by atoms with van der Waals surface area (Å²) in [7, 11) is 0. The average molecular weight is 359 g/mol. The van der Waals surface area contributed by atoms with Crippen LogP contribution in [0.4, 0.5) is 4.79 Å². The SMILES string of the molecule is O=C(NCc1ccc2c(c1)OCO2)N1CCN(Cc2cccs2)CC1. The Balaban J connectivity index is 1.24. The van der Waals surface area contributed by atoms with Gasteiger partial charge in [0.25, 0.3) is 0 Å². The molecule has 2 aromatic rings. The molecule has 0 spiro atoms. The molecule has 132 valence electrons. The Morgan fingerprint density at radius 1 is 1.12 bits per heavy atom. The van der Waals surface area contributed by atoms with Gasteiger partial charge in [0.2, 0.25) is 6.79 Å². The van der Waals surface area contributed by atoms with Crippen molar-refractivity contribution >= 4 is 17.4 Å². The van der Waals surface area contributed by atoms with Crippen molar-refractivity contribution in [1.29, 1.82) is 0 Å². The van der Waals surface area contributed by atoms with Crippen molar-refractivity contribution in [2.24, 2.45) is 0 Å². The van der Waals surface area contributed by atoms with E-state index in [1.54, 1.807) is 11.3 Å². The van der Waals surface area contributed by atoms with E-state index in [-0.39, 0.29) is 12.8 Å². The molecule has 2 aliphatic rings. The third kappa shape index (κ3) is 3.88. The normalized spacial score (nSPS) is 16.9. The van der Waals surface area contributed by atoms with Crippen LogP contribution in [0.2, 0.25) is 0 Å². The van der Waals surface area contributed by atoms with Gasteiger partial charge in [-0.3, -0.25) is 4.90 Å². The smallest absolute Gasteiger partial charge is 0.317 e. The van der Waals surface area contributed by atoms with Gasteiger partial charge in [-0.15, -0.1) is 11.3 Å². The van der Waals surface area contributed by atoms with Crippen LogP contribution in [0.5, 0.6) is 11.5 Å².